The molecule has 18 heteroatoms. The number of carbonyl (C=O) groups is 4. The molecule has 0 aliphatic carbocycles. The van der Waals surface area contributed by atoms with Gasteiger partial charge in [0.05, 0.1) is 57.6 Å². The van der Waals surface area contributed by atoms with Crippen LogP contribution in [0.2, 0.25) is 10.0 Å². The number of rotatable bonds is 11. The smallest absolute Gasteiger partial charge is 0.336 e. The van der Waals surface area contributed by atoms with Crippen molar-refractivity contribution in [1.82, 2.24) is 19.1 Å². The number of hydrogen-bond donors (Lipinski definition) is 4. The first-order valence-corrected chi connectivity index (χ1v) is 15.6. The Bertz CT molecular complexity index is 2360. The quantitative estimate of drug-likeness (QED) is 0.128. The molecule has 0 aliphatic heterocycles. The molecular weight excluding hydrogens is 729 g/mol. The van der Waals surface area contributed by atoms with Crippen LogP contribution < -0.4 is 20.9 Å². The zero-order valence-corrected chi connectivity index (χ0v) is 28.3. The van der Waals surface area contributed by atoms with Gasteiger partial charge in [-0.1, -0.05) is 35.3 Å². The summed E-state index contributed by atoms with van der Waals surface area (Å²) >= 11 is 13.1. The highest BCUT2D eigenvalue weighted by molar-refractivity contribution is 6.34. The molecule has 52 heavy (non-hydrogen) atoms. The number of fused-ring (bicyclic) bond motifs is 2. The van der Waals surface area contributed by atoms with Crippen molar-refractivity contribution in [3.05, 3.63) is 92.5 Å². The van der Waals surface area contributed by atoms with Crippen LogP contribution in [0, 0.1) is 11.6 Å². The Morgan fingerprint density at radius 1 is 0.692 bits per heavy atom. The van der Waals surface area contributed by atoms with Crippen molar-refractivity contribution < 1.29 is 47.6 Å². The van der Waals surface area contributed by atoms with Crippen LogP contribution in [0.25, 0.3) is 44.8 Å². The molecule has 14 nitrogen and oxygen atoms in total. The minimum atomic E-state index is -1.40. The minimum Gasteiger partial charge on any atom is -0.494 e. The largest absolute Gasteiger partial charge is 0.494 e. The lowest BCUT2D eigenvalue weighted by molar-refractivity contribution is 0.0686. The maximum Gasteiger partial charge on any atom is 0.336 e. The number of nitrogens with zero attached hydrogens (tertiary/aromatic N) is 4. The SMILES string of the molecule is COc1c(C(N)=O)cc(F)c2c1nc(-c1c(Cl)cccc1C(=O)O)n2CCn1c(-c2c(Cl)cccc2C(=O)O)nc2c(OC)c(C(N)=O)cc(F)c21. The number of primary amides is 2. The predicted octanol–water partition coefficient (Wildman–Crippen LogP) is 5.62. The van der Waals surface area contributed by atoms with Gasteiger partial charge in [-0.25, -0.2) is 28.3 Å². The second-order valence-electron chi connectivity index (χ2n) is 11.1. The van der Waals surface area contributed by atoms with E-state index >= 15 is 8.78 Å². The molecule has 6 N–H and O–H groups in total. The van der Waals surface area contributed by atoms with Gasteiger partial charge in [0, 0.05) is 13.1 Å². The zero-order valence-electron chi connectivity index (χ0n) is 26.8. The molecule has 0 saturated heterocycles. The Kier molecular flexibility index (Phi) is 9.21. The van der Waals surface area contributed by atoms with E-state index in [0.717, 1.165) is 12.1 Å². The number of carbonyl (C=O) groups excluding carboxylic acids is 2. The summed E-state index contributed by atoms with van der Waals surface area (Å²) in [6.45, 7) is -0.729. The molecule has 2 aromatic heterocycles. The molecule has 6 rings (SSSR count). The van der Waals surface area contributed by atoms with Gasteiger partial charge >= 0.3 is 11.9 Å². The van der Waals surface area contributed by atoms with Crippen LogP contribution in [0.4, 0.5) is 8.78 Å². The second kappa shape index (κ2) is 13.5. The summed E-state index contributed by atoms with van der Waals surface area (Å²) in [6.07, 6.45) is 0. The van der Waals surface area contributed by atoms with Gasteiger partial charge in [-0.05, 0) is 36.4 Å². The van der Waals surface area contributed by atoms with Gasteiger partial charge in [0.1, 0.15) is 45.4 Å². The molecule has 0 bridgehead atoms. The van der Waals surface area contributed by atoms with Crippen LogP contribution in [0.3, 0.4) is 0 Å². The van der Waals surface area contributed by atoms with Gasteiger partial charge in [-0.2, -0.15) is 0 Å². The van der Waals surface area contributed by atoms with Gasteiger partial charge in [0.2, 0.25) is 0 Å². The summed E-state index contributed by atoms with van der Waals surface area (Å²) in [5, 5.41) is 20.0. The number of hydrogen-bond acceptors (Lipinski definition) is 8. The number of ether oxygens (including phenoxy) is 2. The Hall–Kier alpha value is -6.26. The number of carboxylic acids is 2. The van der Waals surface area contributed by atoms with Crippen molar-refractivity contribution in [3.63, 3.8) is 0 Å². The van der Waals surface area contributed by atoms with E-state index in [1.54, 1.807) is 0 Å². The number of aromatic carboxylic acids is 2. The third kappa shape index (κ3) is 5.67. The maximum atomic E-state index is 16.1. The highest BCUT2D eigenvalue weighted by Gasteiger charge is 2.30. The molecule has 0 radical (unpaired) electrons. The number of carboxylic acid groups (broad SMARTS) is 2. The Balaban J connectivity index is 1.70. The minimum absolute atomic E-state index is 0.0864. The zero-order chi connectivity index (χ0) is 37.8. The van der Waals surface area contributed by atoms with Crippen molar-refractivity contribution in [2.45, 2.75) is 13.1 Å². The molecule has 0 atom stereocenters. The molecule has 6 aromatic rings. The molecular formula is C34H24Cl2F2N6O8. The van der Waals surface area contributed by atoms with Crippen molar-refractivity contribution in [3.8, 4) is 34.3 Å². The third-order valence-corrected chi connectivity index (χ3v) is 8.90. The van der Waals surface area contributed by atoms with E-state index in [9.17, 15) is 29.4 Å². The highest BCUT2D eigenvalue weighted by atomic mass is 35.5. The fourth-order valence-corrected chi connectivity index (χ4v) is 6.66. The molecule has 0 unspecified atom stereocenters. The van der Waals surface area contributed by atoms with Crippen LogP contribution in [0.5, 0.6) is 11.5 Å². The van der Waals surface area contributed by atoms with Gasteiger partial charge in [0.25, 0.3) is 11.8 Å². The lowest BCUT2D eigenvalue weighted by atomic mass is 10.1. The first-order valence-electron chi connectivity index (χ1n) is 14.9. The third-order valence-electron chi connectivity index (χ3n) is 8.27. The number of imidazole rings is 2. The average molecular weight is 754 g/mol. The fraction of sp³-hybridized carbons (Fsp3) is 0.118. The molecule has 2 heterocycles. The molecule has 0 fully saturated rings. The summed E-state index contributed by atoms with van der Waals surface area (Å²) in [6, 6.07) is 9.71. The standard InChI is InChI=1S/C34H24Cl2F2N6O8/c1-51-27-15(29(39)45)11-19(37)25-23(27)41-31(21-13(33(47)48)5-3-7-17(21)35)43(25)9-10-44-26-20(38)12-16(30(40)46)28(52-2)24(26)42-32(44)22-14(34(49)50)6-4-8-18(22)36/h3-8,11-12H,9-10H2,1-2H3,(H2,39,45)(H2,40,46)(H,47,48)(H,49,50). The van der Waals surface area contributed by atoms with E-state index in [4.69, 9.17) is 44.1 Å². The lowest BCUT2D eigenvalue weighted by Crippen LogP contribution is -2.15. The first-order chi connectivity index (χ1) is 24.7. The van der Waals surface area contributed by atoms with Crippen molar-refractivity contribution in [2.24, 2.45) is 11.5 Å². The van der Waals surface area contributed by atoms with E-state index < -0.39 is 35.4 Å². The Labute approximate surface area is 300 Å². The van der Waals surface area contributed by atoms with Crippen LogP contribution >= 0.6 is 23.2 Å². The number of methoxy groups -OCH3 is 2. The molecule has 4 aromatic carbocycles. The van der Waals surface area contributed by atoms with Gasteiger partial charge < -0.3 is 40.3 Å². The maximum absolute atomic E-state index is 16.1. The topological polar surface area (TPSA) is 215 Å². The van der Waals surface area contributed by atoms with Crippen molar-refractivity contribution >= 4 is 69.0 Å². The summed E-state index contributed by atoms with van der Waals surface area (Å²) in [5.41, 5.74) is 8.37. The van der Waals surface area contributed by atoms with Crippen molar-refractivity contribution in [2.75, 3.05) is 14.2 Å². The number of amides is 2. The van der Waals surface area contributed by atoms with Gasteiger partial charge in [-0.3, -0.25) is 9.59 Å². The van der Waals surface area contributed by atoms with Crippen molar-refractivity contribution in [1.29, 1.82) is 0 Å². The summed E-state index contributed by atoms with van der Waals surface area (Å²) in [4.78, 5) is 58.3. The van der Waals surface area contributed by atoms with E-state index in [-0.39, 0.29) is 102 Å². The second-order valence-corrected chi connectivity index (χ2v) is 11.9. The van der Waals surface area contributed by atoms with Crippen LogP contribution in [0.1, 0.15) is 41.4 Å². The van der Waals surface area contributed by atoms with Crippen LogP contribution in [0.15, 0.2) is 48.5 Å². The molecule has 0 aliphatic rings. The number of aromatic nitrogens is 4. The number of nitrogens with two attached hydrogens (primary N) is 2. The molecule has 266 valence electrons. The summed E-state index contributed by atoms with van der Waals surface area (Å²) in [5.74, 6) is -7.74. The summed E-state index contributed by atoms with van der Waals surface area (Å²) < 4.78 is 45.5. The number of aryl methyl sites for hydroxylation is 2. The summed E-state index contributed by atoms with van der Waals surface area (Å²) in [7, 11) is 2.39. The lowest BCUT2D eigenvalue weighted by Gasteiger charge is -2.16. The van der Waals surface area contributed by atoms with E-state index in [1.807, 2.05) is 0 Å². The Morgan fingerprint density at radius 3 is 1.37 bits per heavy atom. The number of benzene rings is 4. The highest BCUT2D eigenvalue weighted by Crippen LogP contribution is 2.41. The monoisotopic (exact) mass is 752 g/mol. The Morgan fingerprint density at radius 2 is 1.06 bits per heavy atom. The molecule has 0 saturated carbocycles. The van der Waals surface area contributed by atoms with E-state index in [1.165, 1.54) is 59.8 Å². The first kappa shape index (κ1) is 35.6. The van der Waals surface area contributed by atoms with Gasteiger partial charge in [0.15, 0.2) is 11.5 Å². The fourth-order valence-electron chi connectivity index (χ4n) is 6.14. The average Bonchev–Trinajstić information content (AvgIpc) is 3.66. The normalized spacial score (nSPS) is 11.3. The molecule has 2 amide bonds. The molecule has 0 spiro atoms. The van der Waals surface area contributed by atoms with Crippen LogP contribution in [-0.4, -0.2) is 67.3 Å². The number of halogens is 4. The van der Waals surface area contributed by atoms with Crippen LogP contribution in [-0.2, 0) is 13.1 Å². The van der Waals surface area contributed by atoms with Gasteiger partial charge in [-0.15, -0.1) is 0 Å². The van der Waals surface area contributed by atoms with E-state index in [2.05, 4.69) is 9.97 Å². The predicted molar refractivity (Wildman–Crippen MR) is 184 cm³/mol. The van der Waals surface area contributed by atoms with E-state index in [0.29, 0.717) is 0 Å².